The van der Waals surface area contributed by atoms with Gasteiger partial charge in [0.2, 0.25) is 0 Å². The largest absolute Gasteiger partial charge is 0.509 e. The summed E-state index contributed by atoms with van der Waals surface area (Å²) in [5, 5.41) is 8.67. The summed E-state index contributed by atoms with van der Waals surface area (Å²) in [6.07, 6.45) is 9.78. The van der Waals surface area contributed by atoms with Gasteiger partial charge in [-0.3, -0.25) is 0 Å². The van der Waals surface area contributed by atoms with Crippen molar-refractivity contribution in [3.05, 3.63) is 24.5 Å². The van der Waals surface area contributed by atoms with Crippen molar-refractivity contribution in [2.24, 2.45) is 0 Å². The Bertz CT molecular complexity index is 125. The van der Waals surface area contributed by atoms with Crippen LogP contribution in [0.5, 0.6) is 0 Å². The molecule has 0 aromatic heterocycles. The van der Waals surface area contributed by atoms with Crippen molar-refractivity contribution in [1.29, 1.82) is 0 Å². The molecule has 64 valence electrons. The molecule has 0 aliphatic heterocycles. The second-order valence-electron chi connectivity index (χ2n) is 2.74. The van der Waals surface area contributed by atoms with Crippen LogP contribution in [0.1, 0.15) is 39.0 Å². The molecule has 1 N–H and O–H groups in total. The summed E-state index contributed by atoms with van der Waals surface area (Å²) >= 11 is 0. The Labute approximate surface area is 69.4 Å². The molecule has 0 aliphatic carbocycles. The standard InChI is InChI=1S/C10H18O/c1-3-4-5-6-7-8-9-10(2)11/h8-9,11H,2-7H2,1H3/b9-8+. The van der Waals surface area contributed by atoms with Gasteiger partial charge in [0.05, 0.1) is 0 Å². The zero-order valence-electron chi connectivity index (χ0n) is 7.34. The number of rotatable bonds is 6. The van der Waals surface area contributed by atoms with Crippen LogP contribution in [0.15, 0.2) is 24.5 Å². The lowest BCUT2D eigenvalue weighted by Gasteiger charge is -1.93. The fourth-order valence-electron chi connectivity index (χ4n) is 0.908. The van der Waals surface area contributed by atoms with Gasteiger partial charge < -0.3 is 5.11 Å². The average molecular weight is 154 g/mol. The lowest BCUT2D eigenvalue weighted by molar-refractivity contribution is 0.435. The Morgan fingerprint density at radius 1 is 1.36 bits per heavy atom. The second-order valence-corrected chi connectivity index (χ2v) is 2.74. The molecule has 11 heavy (non-hydrogen) atoms. The summed E-state index contributed by atoms with van der Waals surface area (Å²) in [6, 6.07) is 0. The predicted octanol–water partition coefficient (Wildman–Crippen LogP) is 3.58. The van der Waals surface area contributed by atoms with Crippen LogP contribution in [0, 0.1) is 0 Å². The number of hydrogen-bond acceptors (Lipinski definition) is 1. The predicted molar refractivity (Wildman–Crippen MR) is 49.7 cm³/mol. The van der Waals surface area contributed by atoms with Crippen LogP contribution < -0.4 is 0 Å². The normalized spacial score (nSPS) is 10.6. The minimum absolute atomic E-state index is 0.153. The van der Waals surface area contributed by atoms with E-state index in [9.17, 15) is 0 Å². The summed E-state index contributed by atoms with van der Waals surface area (Å²) in [7, 11) is 0. The first-order valence-corrected chi connectivity index (χ1v) is 4.31. The Morgan fingerprint density at radius 2 is 2.09 bits per heavy atom. The Morgan fingerprint density at radius 3 is 2.64 bits per heavy atom. The lowest BCUT2D eigenvalue weighted by Crippen LogP contribution is -1.74. The van der Waals surface area contributed by atoms with Crippen molar-refractivity contribution >= 4 is 0 Å². The highest BCUT2D eigenvalue weighted by Crippen LogP contribution is 2.03. The summed E-state index contributed by atoms with van der Waals surface area (Å²) in [5.41, 5.74) is 0. The first kappa shape index (κ1) is 10.3. The van der Waals surface area contributed by atoms with Crippen molar-refractivity contribution < 1.29 is 5.11 Å². The molecule has 1 nitrogen and oxygen atoms in total. The van der Waals surface area contributed by atoms with E-state index in [1.54, 1.807) is 6.08 Å². The second kappa shape index (κ2) is 7.39. The Kier molecular flexibility index (Phi) is 6.90. The molecule has 0 spiro atoms. The van der Waals surface area contributed by atoms with Gasteiger partial charge in [-0.2, -0.15) is 0 Å². The van der Waals surface area contributed by atoms with Crippen LogP contribution in [0.3, 0.4) is 0 Å². The van der Waals surface area contributed by atoms with Gasteiger partial charge in [0, 0.05) is 0 Å². The highest BCUT2D eigenvalue weighted by atomic mass is 16.3. The number of allylic oxidation sites excluding steroid dienone is 2. The average Bonchev–Trinajstić information content (AvgIpc) is 1.96. The van der Waals surface area contributed by atoms with Gasteiger partial charge in [-0.25, -0.2) is 0 Å². The van der Waals surface area contributed by atoms with E-state index >= 15 is 0 Å². The lowest BCUT2D eigenvalue weighted by atomic mass is 10.1. The minimum Gasteiger partial charge on any atom is -0.509 e. The monoisotopic (exact) mass is 154 g/mol. The fourth-order valence-corrected chi connectivity index (χ4v) is 0.908. The van der Waals surface area contributed by atoms with E-state index < -0.39 is 0 Å². The van der Waals surface area contributed by atoms with Crippen LogP contribution in [-0.2, 0) is 0 Å². The maximum absolute atomic E-state index is 8.67. The molecular weight excluding hydrogens is 136 g/mol. The highest BCUT2D eigenvalue weighted by molar-refractivity contribution is 5.04. The summed E-state index contributed by atoms with van der Waals surface area (Å²) in [6.45, 7) is 5.56. The minimum atomic E-state index is 0.153. The molecule has 0 aromatic carbocycles. The zero-order chi connectivity index (χ0) is 8.53. The third-order valence-corrected chi connectivity index (χ3v) is 1.53. The molecule has 1 heteroatoms. The molecule has 0 aliphatic rings. The van der Waals surface area contributed by atoms with Crippen molar-refractivity contribution in [2.45, 2.75) is 39.0 Å². The van der Waals surface area contributed by atoms with Crippen LogP contribution in [-0.4, -0.2) is 5.11 Å². The summed E-state index contributed by atoms with van der Waals surface area (Å²) in [5.74, 6) is 0.153. The summed E-state index contributed by atoms with van der Waals surface area (Å²) in [4.78, 5) is 0. The quantitative estimate of drug-likeness (QED) is 0.352. The molecular formula is C10H18O. The first-order chi connectivity index (χ1) is 5.27. The SMILES string of the molecule is C=C(O)/C=C/CCCCCC. The van der Waals surface area contributed by atoms with Gasteiger partial charge in [-0.15, -0.1) is 0 Å². The third kappa shape index (κ3) is 9.28. The van der Waals surface area contributed by atoms with E-state index in [2.05, 4.69) is 13.5 Å². The molecule has 0 radical (unpaired) electrons. The highest BCUT2D eigenvalue weighted by Gasteiger charge is 1.84. The fraction of sp³-hybridized carbons (Fsp3) is 0.600. The van der Waals surface area contributed by atoms with Gasteiger partial charge in [0.1, 0.15) is 5.76 Å². The molecule has 0 amide bonds. The van der Waals surface area contributed by atoms with Gasteiger partial charge in [0.25, 0.3) is 0 Å². The third-order valence-electron chi connectivity index (χ3n) is 1.53. The smallest absolute Gasteiger partial charge is 0.108 e. The molecule has 0 heterocycles. The van der Waals surface area contributed by atoms with Crippen molar-refractivity contribution in [2.75, 3.05) is 0 Å². The molecule has 0 aromatic rings. The number of aliphatic hydroxyl groups excluding tert-OH is 1. The van der Waals surface area contributed by atoms with Gasteiger partial charge in [0.15, 0.2) is 0 Å². The van der Waals surface area contributed by atoms with E-state index in [1.807, 2.05) is 6.08 Å². The number of unbranched alkanes of at least 4 members (excludes halogenated alkanes) is 4. The Balaban J connectivity index is 3.07. The zero-order valence-corrected chi connectivity index (χ0v) is 7.34. The van der Waals surface area contributed by atoms with Crippen molar-refractivity contribution in [3.63, 3.8) is 0 Å². The van der Waals surface area contributed by atoms with Crippen LogP contribution in [0.4, 0.5) is 0 Å². The van der Waals surface area contributed by atoms with E-state index in [0.29, 0.717) is 0 Å². The topological polar surface area (TPSA) is 20.2 Å². The summed E-state index contributed by atoms with van der Waals surface area (Å²) < 4.78 is 0. The van der Waals surface area contributed by atoms with Crippen LogP contribution in [0.25, 0.3) is 0 Å². The molecule has 0 saturated heterocycles. The van der Waals surface area contributed by atoms with E-state index in [-0.39, 0.29) is 5.76 Å². The molecule has 0 saturated carbocycles. The van der Waals surface area contributed by atoms with Crippen LogP contribution >= 0.6 is 0 Å². The van der Waals surface area contributed by atoms with Crippen molar-refractivity contribution in [3.8, 4) is 0 Å². The maximum atomic E-state index is 8.67. The van der Waals surface area contributed by atoms with E-state index in [1.165, 1.54) is 25.7 Å². The van der Waals surface area contributed by atoms with Gasteiger partial charge in [-0.1, -0.05) is 38.8 Å². The van der Waals surface area contributed by atoms with Crippen molar-refractivity contribution in [1.82, 2.24) is 0 Å². The van der Waals surface area contributed by atoms with Gasteiger partial charge >= 0.3 is 0 Å². The van der Waals surface area contributed by atoms with Gasteiger partial charge in [-0.05, 0) is 18.9 Å². The molecule has 0 unspecified atom stereocenters. The van der Waals surface area contributed by atoms with E-state index in [0.717, 1.165) is 6.42 Å². The number of hydrogen-bond donors (Lipinski definition) is 1. The molecule has 0 atom stereocenters. The molecule has 0 bridgehead atoms. The molecule has 0 rings (SSSR count). The Hall–Kier alpha value is -0.720. The van der Waals surface area contributed by atoms with E-state index in [4.69, 9.17) is 5.11 Å². The van der Waals surface area contributed by atoms with Crippen LogP contribution in [0.2, 0.25) is 0 Å². The first-order valence-electron chi connectivity index (χ1n) is 4.31. The number of aliphatic hydroxyl groups is 1. The molecule has 0 fully saturated rings. The maximum Gasteiger partial charge on any atom is 0.108 e.